The summed E-state index contributed by atoms with van der Waals surface area (Å²) in [6.45, 7) is 4.60. The number of aliphatic carboxylic acids is 1. The standard InChI is InChI=1S/C23H26N2O5S/c1-3-4-15-30-19-9-5-18(6-10-19)25-23(29)16(2)31-20-11-7-17(8-12-20)24-21(26)13-14-22(27)28/h5-14,16H,3-4,15H2,1-2H3,(H,24,26)(H,25,29)(H,27,28)/b14-13+. The number of nitrogens with one attached hydrogen (secondary N) is 2. The lowest BCUT2D eigenvalue weighted by molar-refractivity contribution is -0.131. The molecule has 2 aromatic rings. The molecule has 7 nitrogen and oxygen atoms in total. The number of rotatable bonds is 11. The molecule has 0 aliphatic carbocycles. The first-order chi connectivity index (χ1) is 14.9. The second kappa shape index (κ2) is 12.4. The van der Waals surface area contributed by atoms with Gasteiger partial charge in [0.05, 0.1) is 11.9 Å². The van der Waals surface area contributed by atoms with Crippen LogP contribution in [0, 0.1) is 0 Å². The maximum absolute atomic E-state index is 12.5. The molecule has 2 rings (SSSR count). The molecule has 0 radical (unpaired) electrons. The van der Waals surface area contributed by atoms with Gasteiger partial charge in [-0.2, -0.15) is 0 Å². The average Bonchev–Trinajstić information content (AvgIpc) is 2.75. The number of ether oxygens (including phenoxy) is 1. The van der Waals surface area contributed by atoms with E-state index in [1.54, 1.807) is 24.3 Å². The van der Waals surface area contributed by atoms with Gasteiger partial charge in [-0.3, -0.25) is 9.59 Å². The fourth-order valence-corrected chi connectivity index (χ4v) is 3.29. The predicted octanol–water partition coefficient (Wildman–Crippen LogP) is 4.56. The molecule has 0 bridgehead atoms. The highest BCUT2D eigenvalue weighted by molar-refractivity contribution is 8.00. The van der Waals surface area contributed by atoms with Gasteiger partial charge < -0.3 is 20.5 Å². The topological polar surface area (TPSA) is 105 Å². The van der Waals surface area contributed by atoms with Gasteiger partial charge in [0, 0.05) is 28.4 Å². The van der Waals surface area contributed by atoms with Crippen molar-refractivity contribution >= 4 is 40.9 Å². The van der Waals surface area contributed by atoms with Crippen LogP contribution in [0.3, 0.4) is 0 Å². The minimum Gasteiger partial charge on any atom is -0.494 e. The third kappa shape index (κ3) is 8.96. The fraction of sp³-hybridized carbons (Fsp3) is 0.261. The summed E-state index contributed by atoms with van der Waals surface area (Å²) in [7, 11) is 0. The molecule has 0 fully saturated rings. The Morgan fingerprint density at radius 3 is 2.23 bits per heavy atom. The van der Waals surface area contributed by atoms with Crippen LogP contribution in [0.2, 0.25) is 0 Å². The van der Waals surface area contributed by atoms with Gasteiger partial charge in [-0.1, -0.05) is 13.3 Å². The number of thioether (sulfide) groups is 1. The Hall–Kier alpha value is -3.26. The SMILES string of the molecule is CCCCOc1ccc(NC(=O)C(C)Sc2ccc(NC(=O)/C=C/C(=O)O)cc2)cc1. The van der Waals surface area contributed by atoms with Gasteiger partial charge in [0.2, 0.25) is 11.8 Å². The van der Waals surface area contributed by atoms with Gasteiger partial charge in [0.15, 0.2) is 0 Å². The molecule has 31 heavy (non-hydrogen) atoms. The first-order valence-electron chi connectivity index (χ1n) is 9.90. The summed E-state index contributed by atoms with van der Waals surface area (Å²) in [6, 6.07) is 14.2. The number of carbonyl (C=O) groups excluding carboxylic acids is 2. The Kier molecular flexibility index (Phi) is 9.64. The third-order valence-corrected chi connectivity index (χ3v) is 5.18. The lowest BCUT2D eigenvalue weighted by Gasteiger charge is -2.13. The molecule has 0 aliphatic rings. The first kappa shape index (κ1) is 24.0. The molecule has 0 spiro atoms. The van der Waals surface area contributed by atoms with Crippen LogP contribution in [-0.4, -0.2) is 34.7 Å². The molecule has 0 aromatic heterocycles. The smallest absolute Gasteiger partial charge is 0.328 e. The van der Waals surface area contributed by atoms with Crippen molar-refractivity contribution in [1.82, 2.24) is 0 Å². The van der Waals surface area contributed by atoms with Crippen molar-refractivity contribution in [3.8, 4) is 5.75 Å². The Morgan fingerprint density at radius 2 is 1.61 bits per heavy atom. The summed E-state index contributed by atoms with van der Waals surface area (Å²) in [5.74, 6) is -1.07. The lowest BCUT2D eigenvalue weighted by Crippen LogP contribution is -2.22. The van der Waals surface area contributed by atoms with Gasteiger partial charge in [0.1, 0.15) is 5.75 Å². The van der Waals surface area contributed by atoms with Crippen molar-refractivity contribution in [2.24, 2.45) is 0 Å². The molecule has 0 saturated heterocycles. The summed E-state index contributed by atoms with van der Waals surface area (Å²) in [6.07, 6.45) is 3.79. The Balaban J connectivity index is 1.84. The van der Waals surface area contributed by atoms with E-state index < -0.39 is 11.9 Å². The van der Waals surface area contributed by atoms with Crippen LogP contribution in [-0.2, 0) is 14.4 Å². The Morgan fingerprint density at radius 1 is 1.00 bits per heavy atom. The number of carboxylic acid groups (broad SMARTS) is 1. The number of hydrogen-bond acceptors (Lipinski definition) is 5. The van der Waals surface area contributed by atoms with E-state index >= 15 is 0 Å². The Labute approximate surface area is 185 Å². The maximum Gasteiger partial charge on any atom is 0.328 e. The maximum atomic E-state index is 12.5. The number of carboxylic acids is 1. The van der Waals surface area contributed by atoms with E-state index in [0.717, 1.165) is 35.6 Å². The molecule has 2 amide bonds. The van der Waals surface area contributed by atoms with Gasteiger partial charge in [-0.15, -0.1) is 11.8 Å². The van der Waals surface area contributed by atoms with E-state index in [9.17, 15) is 14.4 Å². The zero-order valence-electron chi connectivity index (χ0n) is 17.5. The molecule has 0 heterocycles. The minimum absolute atomic E-state index is 0.124. The number of benzene rings is 2. The van der Waals surface area contributed by atoms with Crippen LogP contribution in [0.4, 0.5) is 11.4 Å². The van der Waals surface area contributed by atoms with Crippen LogP contribution >= 0.6 is 11.8 Å². The van der Waals surface area contributed by atoms with Crippen LogP contribution in [0.1, 0.15) is 26.7 Å². The zero-order valence-corrected chi connectivity index (χ0v) is 18.3. The summed E-state index contributed by atoms with van der Waals surface area (Å²) in [5, 5.41) is 13.7. The molecule has 1 unspecified atom stereocenters. The molecule has 0 saturated carbocycles. The van der Waals surface area contributed by atoms with E-state index in [0.29, 0.717) is 18.0 Å². The largest absolute Gasteiger partial charge is 0.494 e. The molecule has 0 aliphatic heterocycles. The Bertz CT molecular complexity index is 911. The summed E-state index contributed by atoms with van der Waals surface area (Å²) in [4.78, 5) is 35.4. The minimum atomic E-state index is -1.19. The predicted molar refractivity (Wildman–Crippen MR) is 123 cm³/mol. The second-order valence-corrected chi connectivity index (χ2v) is 8.08. The summed E-state index contributed by atoms with van der Waals surface area (Å²) >= 11 is 1.39. The van der Waals surface area contributed by atoms with Gasteiger partial charge in [0.25, 0.3) is 0 Å². The van der Waals surface area contributed by atoms with Gasteiger partial charge in [-0.25, -0.2) is 4.79 Å². The molecule has 8 heteroatoms. The average molecular weight is 443 g/mol. The molecule has 3 N–H and O–H groups in total. The van der Waals surface area contributed by atoms with Crippen molar-refractivity contribution in [3.63, 3.8) is 0 Å². The van der Waals surface area contributed by atoms with Crippen LogP contribution in [0.5, 0.6) is 5.75 Å². The second-order valence-electron chi connectivity index (χ2n) is 6.66. The molecular formula is C23H26N2O5S. The summed E-state index contributed by atoms with van der Waals surface area (Å²) in [5.41, 5.74) is 1.23. The highest BCUT2D eigenvalue weighted by Crippen LogP contribution is 2.26. The third-order valence-electron chi connectivity index (χ3n) is 4.07. The van der Waals surface area contributed by atoms with Crippen molar-refractivity contribution in [1.29, 1.82) is 0 Å². The van der Waals surface area contributed by atoms with Crippen molar-refractivity contribution in [2.75, 3.05) is 17.2 Å². The number of carbonyl (C=O) groups is 3. The molecular weight excluding hydrogens is 416 g/mol. The zero-order chi connectivity index (χ0) is 22.6. The van der Waals surface area contributed by atoms with Gasteiger partial charge in [-0.05, 0) is 61.9 Å². The monoisotopic (exact) mass is 442 g/mol. The van der Waals surface area contributed by atoms with E-state index in [4.69, 9.17) is 9.84 Å². The van der Waals surface area contributed by atoms with Crippen molar-refractivity contribution < 1.29 is 24.2 Å². The highest BCUT2D eigenvalue weighted by Gasteiger charge is 2.15. The summed E-state index contributed by atoms with van der Waals surface area (Å²) < 4.78 is 5.62. The molecule has 1 atom stereocenters. The van der Waals surface area contributed by atoms with Crippen LogP contribution < -0.4 is 15.4 Å². The van der Waals surface area contributed by atoms with E-state index in [1.165, 1.54) is 11.8 Å². The fourth-order valence-electron chi connectivity index (χ4n) is 2.42. The van der Waals surface area contributed by atoms with Gasteiger partial charge >= 0.3 is 5.97 Å². The lowest BCUT2D eigenvalue weighted by atomic mass is 10.3. The van der Waals surface area contributed by atoms with E-state index in [1.807, 2.05) is 31.2 Å². The molecule has 2 aromatic carbocycles. The number of anilines is 2. The molecule has 164 valence electrons. The number of hydrogen-bond donors (Lipinski definition) is 3. The number of unbranched alkanes of at least 4 members (excludes halogenated alkanes) is 1. The normalized spacial score (nSPS) is 11.7. The van der Waals surface area contributed by atoms with Crippen molar-refractivity contribution in [2.45, 2.75) is 36.8 Å². The van der Waals surface area contributed by atoms with Crippen molar-refractivity contribution in [3.05, 3.63) is 60.7 Å². The van der Waals surface area contributed by atoms with E-state index in [2.05, 4.69) is 17.6 Å². The van der Waals surface area contributed by atoms with E-state index in [-0.39, 0.29) is 11.2 Å². The highest BCUT2D eigenvalue weighted by atomic mass is 32.2. The van der Waals surface area contributed by atoms with Crippen LogP contribution in [0.25, 0.3) is 0 Å². The quantitative estimate of drug-likeness (QED) is 0.268. The van der Waals surface area contributed by atoms with Crippen LogP contribution in [0.15, 0.2) is 65.6 Å². The number of amides is 2. The first-order valence-corrected chi connectivity index (χ1v) is 10.8.